The number of benzene rings is 2. The standard InChI is InChI=1S/C18H17F2NO/c19-17-7-6-14(8-18(17)20)16-11-21(10-15(16)12-22)9-13-4-2-1-3-5-13/h1-8,12,15-16H,9-11H2/t15-,16-/m0/s1. The van der Waals surface area contributed by atoms with E-state index in [-0.39, 0.29) is 11.8 Å². The lowest BCUT2D eigenvalue weighted by Crippen LogP contribution is -2.20. The summed E-state index contributed by atoms with van der Waals surface area (Å²) in [5.41, 5.74) is 1.87. The zero-order chi connectivity index (χ0) is 15.5. The SMILES string of the molecule is O=C[C@@H]1CN(Cc2ccccc2)C[C@H]1c1ccc(F)c(F)c1. The van der Waals surface area contributed by atoms with Crippen LogP contribution < -0.4 is 0 Å². The smallest absolute Gasteiger partial charge is 0.159 e. The Morgan fingerprint density at radius 2 is 1.82 bits per heavy atom. The highest BCUT2D eigenvalue weighted by molar-refractivity contribution is 5.57. The van der Waals surface area contributed by atoms with Gasteiger partial charge in [0.05, 0.1) is 0 Å². The van der Waals surface area contributed by atoms with Crippen LogP contribution in [0.1, 0.15) is 17.0 Å². The topological polar surface area (TPSA) is 20.3 Å². The summed E-state index contributed by atoms with van der Waals surface area (Å²) < 4.78 is 26.5. The first-order valence-electron chi connectivity index (χ1n) is 7.34. The van der Waals surface area contributed by atoms with Crippen LogP contribution in [0.4, 0.5) is 8.78 Å². The van der Waals surface area contributed by atoms with Gasteiger partial charge in [0.25, 0.3) is 0 Å². The lowest BCUT2D eigenvalue weighted by molar-refractivity contribution is -0.111. The minimum absolute atomic E-state index is 0.0867. The van der Waals surface area contributed by atoms with Gasteiger partial charge in [0, 0.05) is 31.5 Å². The fourth-order valence-corrected chi connectivity index (χ4v) is 3.12. The van der Waals surface area contributed by atoms with E-state index in [4.69, 9.17) is 0 Å². The second-order valence-electron chi connectivity index (χ2n) is 5.76. The summed E-state index contributed by atoms with van der Waals surface area (Å²) in [6.07, 6.45) is 0.928. The molecular formula is C18H17F2NO. The summed E-state index contributed by atoms with van der Waals surface area (Å²) in [4.78, 5) is 13.5. The van der Waals surface area contributed by atoms with Gasteiger partial charge in [0.2, 0.25) is 0 Å². The van der Waals surface area contributed by atoms with E-state index in [2.05, 4.69) is 4.90 Å². The number of nitrogens with zero attached hydrogens (tertiary/aromatic N) is 1. The third-order valence-electron chi connectivity index (χ3n) is 4.24. The number of rotatable bonds is 4. The molecule has 2 nitrogen and oxygen atoms in total. The van der Waals surface area contributed by atoms with Gasteiger partial charge >= 0.3 is 0 Å². The molecule has 114 valence electrons. The van der Waals surface area contributed by atoms with Crippen molar-refractivity contribution in [1.82, 2.24) is 4.90 Å². The van der Waals surface area contributed by atoms with E-state index in [1.54, 1.807) is 6.07 Å². The molecule has 0 aromatic heterocycles. The van der Waals surface area contributed by atoms with Crippen LogP contribution in [0.5, 0.6) is 0 Å². The summed E-state index contributed by atoms with van der Waals surface area (Å²) in [6.45, 7) is 2.07. The molecule has 1 aliphatic rings. The molecule has 1 aliphatic heterocycles. The van der Waals surface area contributed by atoms with Crippen molar-refractivity contribution in [2.24, 2.45) is 5.92 Å². The second kappa shape index (κ2) is 6.36. The molecule has 1 heterocycles. The second-order valence-corrected chi connectivity index (χ2v) is 5.76. The third kappa shape index (κ3) is 3.07. The van der Waals surface area contributed by atoms with Crippen LogP contribution in [0.15, 0.2) is 48.5 Å². The molecule has 0 spiro atoms. The Morgan fingerprint density at radius 1 is 1.05 bits per heavy atom. The van der Waals surface area contributed by atoms with Gasteiger partial charge in [0.15, 0.2) is 11.6 Å². The summed E-state index contributed by atoms with van der Waals surface area (Å²) in [5, 5.41) is 0. The summed E-state index contributed by atoms with van der Waals surface area (Å²) in [7, 11) is 0. The first-order valence-corrected chi connectivity index (χ1v) is 7.34. The van der Waals surface area contributed by atoms with E-state index in [1.807, 2.05) is 30.3 Å². The Bertz CT molecular complexity index is 659. The van der Waals surface area contributed by atoms with Gasteiger partial charge in [-0.1, -0.05) is 36.4 Å². The Labute approximate surface area is 128 Å². The van der Waals surface area contributed by atoms with E-state index in [0.717, 1.165) is 18.9 Å². The largest absolute Gasteiger partial charge is 0.303 e. The number of aldehydes is 1. The molecule has 0 amide bonds. The number of hydrogen-bond donors (Lipinski definition) is 0. The first kappa shape index (κ1) is 14.9. The Morgan fingerprint density at radius 3 is 2.50 bits per heavy atom. The summed E-state index contributed by atoms with van der Waals surface area (Å²) >= 11 is 0. The molecule has 2 aromatic rings. The van der Waals surface area contributed by atoms with Gasteiger partial charge in [-0.2, -0.15) is 0 Å². The van der Waals surface area contributed by atoms with Gasteiger partial charge in [0.1, 0.15) is 6.29 Å². The number of carbonyl (C=O) groups excluding carboxylic acids is 1. The number of hydrogen-bond acceptors (Lipinski definition) is 2. The van der Waals surface area contributed by atoms with Gasteiger partial charge in [-0.25, -0.2) is 8.78 Å². The van der Waals surface area contributed by atoms with Crippen molar-refractivity contribution in [3.63, 3.8) is 0 Å². The molecule has 4 heteroatoms. The van der Waals surface area contributed by atoms with Crippen molar-refractivity contribution in [1.29, 1.82) is 0 Å². The quantitative estimate of drug-likeness (QED) is 0.807. The molecule has 0 saturated carbocycles. The average Bonchev–Trinajstić information content (AvgIpc) is 2.94. The minimum atomic E-state index is -0.858. The molecule has 2 aromatic carbocycles. The monoisotopic (exact) mass is 301 g/mol. The van der Waals surface area contributed by atoms with E-state index >= 15 is 0 Å². The zero-order valence-corrected chi connectivity index (χ0v) is 12.1. The van der Waals surface area contributed by atoms with E-state index in [9.17, 15) is 13.6 Å². The van der Waals surface area contributed by atoms with Gasteiger partial charge in [-0.05, 0) is 23.3 Å². The Balaban J connectivity index is 1.77. The van der Waals surface area contributed by atoms with E-state index in [0.29, 0.717) is 18.7 Å². The predicted octanol–water partition coefficient (Wildman–Crippen LogP) is 3.38. The Hall–Kier alpha value is -2.07. The van der Waals surface area contributed by atoms with Crippen molar-refractivity contribution in [2.45, 2.75) is 12.5 Å². The van der Waals surface area contributed by atoms with Crippen molar-refractivity contribution in [3.05, 3.63) is 71.3 Å². The highest BCUT2D eigenvalue weighted by Gasteiger charge is 2.33. The maximum atomic E-state index is 13.4. The van der Waals surface area contributed by atoms with Crippen LogP contribution in [0, 0.1) is 17.6 Å². The predicted molar refractivity (Wildman–Crippen MR) is 80.4 cm³/mol. The highest BCUT2D eigenvalue weighted by Crippen LogP contribution is 2.33. The van der Waals surface area contributed by atoms with Crippen LogP contribution >= 0.6 is 0 Å². The maximum absolute atomic E-state index is 13.4. The lowest BCUT2D eigenvalue weighted by atomic mass is 9.90. The van der Waals surface area contributed by atoms with Crippen molar-refractivity contribution in [3.8, 4) is 0 Å². The normalized spacial score (nSPS) is 21.9. The molecule has 0 N–H and O–H groups in total. The van der Waals surface area contributed by atoms with Crippen molar-refractivity contribution in [2.75, 3.05) is 13.1 Å². The minimum Gasteiger partial charge on any atom is -0.303 e. The Kier molecular flexibility index (Phi) is 4.29. The van der Waals surface area contributed by atoms with Crippen LogP contribution in [0.3, 0.4) is 0 Å². The van der Waals surface area contributed by atoms with Crippen molar-refractivity contribution >= 4 is 6.29 Å². The van der Waals surface area contributed by atoms with Crippen LogP contribution in [0.25, 0.3) is 0 Å². The fraction of sp³-hybridized carbons (Fsp3) is 0.278. The maximum Gasteiger partial charge on any atom is 0.159 e. The first-order chi connectivity index (χ1) is 10.7. The van der Waals surface area contributed by atoms with Gasteiger partial charge in [-0.3, -0.25) is 4.90 Å². The van der Waals surface area contributed by atoms with E-state index < -0.39 is 11.6 Å². The highest BCUT2D eigenvalue weighted by atomic mass is 19.2. The molecule has 0 bridgehead atoms. The van der Waals surface area contributed by atoms with Crippen LogP contribution in [0.2, 0.25) is 0 Å². The van der Waals surface area contributed by atoms with Crippen molar-refractivity contribution < 1.29 is 13.6 Å². The van der Waals surface area contributed by atoms with Crippen LogP contribution in [-0.4, -0.2) is 24.3 Å². The molecule has 2 atom stereocenters. The van der Waals surface area contributed by atoms with E-state index in [1.165, 1.54) is 11.6 Å². The van der Waals surface area contributed by atoms with Crippen LogP contribution in [-0.2, 0) is 11.3 Å². The fourth-order valence-electron chi connectivity index (χ4n) is 3.12. The molecule has 0 unspecified atom stereocenters. The molecule has 1 fully saturated rings. The molecule has 0 aliphatic carbocycles. The molecule has 3 rings (SSSR count). The zero-order valence-electron chi connectivity index (χ0n) is 12.1. The molecule has 0 radical (unpaired) electrons. The summed E-state index contributed by atoms with van der Waals surface area (Å²) in [6, 6.07) is 13.9. The van der Waals surface area contributed by atoms with Gasteiger partial charge in [-0.15, -0.1) is 0 Å². The lowest BCUT2D eigenvalue weighted by Gasteiger charge is -2.16. The summed E-state index contributed by atoms with van der Waals surface area (Å²) in [5.74, 6) is -1.99. The molecule has 1 saturated heterocycles. The van der Waals surface area contributed by atoms with Gasteiger partial charge < -0.3 is 4.79 Å². The third-order valence-corrected chi connectivity index (χ3v) is 4.24. The molecular weight excluding hydrogens is 284 g/mol. The average molecular weight is 301 g/mol. The number of likely N-dealkylation sites (tertiary alicyclic amines) is 1. The molecule has 22 heavy (non-hydrogen) atoms. The number of carbonyl (C=O) groups is 1. The number of halogens is 2.